The predicted molar refractivity (Wildman–Crippen MR) is 64.8 cm³/mol. The number of carboxylic acids is 1. The van der Waals surface area contributed by atoms with Gasteiger partial charge < -0.3 is 15.7 Å². The second-order valence-electron chi connectivity index (χ2n) is 4.80. The first-order valence-corrected chi connectivity index (χ1v) is 6.21. The van der Waals surface area contributed by atoms with Crippen LogP contribution in [0.4, 0.5) is 0 Å². The average Bonchev–Trinajstić information content (AvgIpc) is 2.75. The third-order valence-corrected chi connectivity index (χ3v) is 3.36. The molecule has 18 heavy (non-hydrogen) atoms. The Labute approximate surface area is 106 Å². The summed E-state index contributed by atoms with van der Waals surface area (Å²) in [6.45, 7) is 1.85. The maximum atomic E-state index is 11.5. The monoisotopic (exact) mass is 256 g/mol. The molecule has 0 aromatic rings. The molecule has 1 saturated carbocycles. The lowest BCUT2D eigenvalue weighted by Crippen LogP contribution is -2.42. The van der Waals surface area contributed by atoms with E-state index in [1.165, 1.54) is 6.92 Å². The molecular weight excluding hydrogens is 236 g/mol. The quantitative estimate of drug-likeness (QED) is 0.635. The van der Waals surface area contributed by atoms with E-state index in [9.17, 15) is 19.5 Å². The van der Waals surface area contributed by atoms with Crippen molar-refractivity contribution in [1.82, 2.24) is 10.6 Å². The molecule has 6 nitrogen and oxygen atoms in total. The van der Waals surface area contributed by atoms with Crippen molar-refractivity contribution in [3.8, 4) is 0 Å². The van der Waals surface area contributed by atoms with E-state index in [1.807, 2.05) is 0 Å². The fourth-order valence-corrected chi connectivity index (χ4v) is 2.23. The number of hydrogen-bond donors (Lipinski definition) is 3. The summed E-state index contributed by atoms with van der Waals surface area (Å²) in [5, 5.41) is 14.4. The summed E-state index contributed by atoms with van der Waals surface area (Å²) in [6, 6.07) is 0. The minimum Gasteiger partial charge on any atom is -0.481 e. The molecule has 0 unspecified atom stereocenters. The number of carbonyl (C=O) groups excluding carboxylic acids is 2. The topological polar surface area (TPSA) is 95.5 Å². The van der Waals surface area contributed by atoms with E-state index in [0.29, 0.717) is 12.8 Å². The Balaban J connectivity index is 2.32. The Morgan fingerprint density at radius 2 is 1.78 bits per heavy atom. The van der Waals surface area contributed by atoms with E-state index in [2.05, 4.69) is 10.6 Å². The standard InChI is InChI=1S/C12H20N2O4/c1-9(15)13-7-4-10(16)14-8-12(11(17)18)5-2-3-6-12/h2-8H2,1H3,(H,13,15)(H,14,16)(H,17,18). The van der Waals surface area contributed by atoms with Gasteiger partial charge in [-0.2, -0.15) is 0 Å². The van der Waals surface area contributed by atoms with Crippen molar-refractivity contribution < 1.29 is 19.5 Å². The highest BCUT2D eigenvalue weighted by Crippen LogP contribution is 2.37. The van der Waals surface area contributed by atoms with Crippen LogP contribution in [0.1, 0.15) is 39.0 Å². The van der Waals surface area contributed by atoms with Crippen molar-refractivity contribution in [3.05, 3.63) is 0 Å². The van der Waals surface area contributed by atoms with Crippen molar-refractivity contribution in [1.29, 1.82) is 0 Å². The minimum absolute atomic E-state index is 0.176. The molecule has 0 aromatic heterocycles. The van der Waals surface area contributed by atoms with Crippen LogP contribution < -0.4 is 10.6 Å². The molecule has 1 aliphatic rings. The third-order valence-electron chi connectivity index (χ3n) is 3.36. The molecule has 0 bridgehead atoms. The molecule has 102 valence electrons. The fraction of sp³-hybridized carbons (Fsp3) is 0.750. The molecule has 0 saturated heterocycles. The molecule has 0 aromatic carbocycles. The van der Waals surface area contributed by atoms with Gasteiger partial charge in [0.25, 0.3) is 0 Å². The number of carboxylic acid groups (broad SMARTS) is 1. The smallest absolute Gasteiger partial charge is 0.311 e. The second-order valence-corrected chi connectivity index (χ2v) is 4.80. The number of rotatable bonds is 6. The summed E-state index contributed by atoms with van der Waals surface area (Å²) >= 11 is 0. The number of nitrogens with one attached hydrogen (secondary N) is 2. The molecule has 1 rings (SSSR count). The second kappa shape index (κ2) is 6.37. The summed E-state index contributed by atoms with van der Waals surface area (Å²) in [7, 11) is 0. The van der Waals surface area contributed by atoms with Crippen LogP contribution in [0.3, 0.4) is 0 Å². The van der Waals surface area contributed by atoms with Crippen molar-refractivity contribution >= 4 is 17.8 Å². The summed E-state index contributed by atoms with van der Waals surface area (Å²) in [5.74, 6) is -1.24. The molecule has 0 aliphatic heterocycles. The molecule has 1 aliphatic carbocycles. The molecule has 0 heterocycles. The van der Waals surface area contributed by atoms with Crippen LogP contribution in [0.25, 0.3) is 0 Å². The van der Waals surface area contributed by atoms with Gasteiger partial charge in [0.15, 0.2) is 0 Å². The SMILES string of the molecule is CC(=O)NCCC(=O)NCC1(C(=O)O)CCCC1. The van der Waals surface area contributed by atoms with E-state index in [-0.39, 0.29) is 31.3 Å². The first kappa shape index (κ1) is 14.5. The van der Waals surface area contributed by atoms with Gasteiger partial charge in [-0.15, -0.1) is 0 Å². The number of aliphatic carboxylic acids is 1. The number of amides is 2. The van der Waals surface area contributed by atoms with Crippen molar-refractivity contribution in [2.75, 3.05) is 13.1 Å². The maximum absolute atomic E-state index is 11.5. The zero-order valence-corrected chi connectivity index (χ0v) is 10.6. The zero-order valence-electron chi connectivity index (χ0n) is 10.6. The molecular formula is C12H20N2O4. The Kier molecular flexibility index (Phi) is 5.12. The molecule has 3 N–H and O–H groups in total. The highest BCUT2D eigenvalue weighted by Gasteiger charge is 2.41. The summed E-state index contributed by atoms with van der Waals surface area (Å²) in [4.78, 5) is 33.3. The van der Waals surface area contributed by atoms with Gasteiger partial charge >= 0.3 is 5.97 Å². The zero-order chi connectivity index (χ0) is 13.6. The van der Waals surface area contributed by atoms with Crippen LogP contribution in [-0.2, 0) is 14.4 Å². The van der Waals surface area contributed by atoms with Crippen LogP contribution in [0.2, 0.25) is 0 Å². The van der Waals surface area contributed by atoms with Crippen LogP contribution >= 0.6 is 0 Å². The van der Waals surface area contributed by atoms with Gasteiger partial charge in [-0.3, -0.25) is 14.4 Å². The first-order chi connectivity index (χ1) is 8.46. The normalized spacial score (nSPS) is 17.2. The number of carbonyl (C=O) groups is 3. The first-order valence-electron chi connectivity index (χ1n) is 6.21. The van der Waals surface area contributed by atoms with Gasteiger partial charge in [-0.05, 0) is 12.8 Å². The molecule has 0 atom stereocenters. The molecule has 2 amide bonds. The number of hydrogen-bond acceptors (Lipinski definition) is 3. The van der Waals surface area contributed by atoms with E-state index >= 15 is 0 Å². The van der Waals surface area contributed by atoms with E-state index in [0.717, 1.165) is 12.8 Å². The Morgan fingerprint density at radius 3 is 2.28 bits per heavy atom. The highest BCUT2D eigenvalue weighted by molar-refractivity contribution is 5.80. The molecule has 0 spiro atoms. The minimum atomic E-state index is -0.831. The highest BCUT2D eigenvalue weighted by atomic mass is 16.4. The maximum Gasteiger partial charge on any atom is 0.311 e. The van der Waals surface area contributed by atoms with Gasteiger partial charge in [0, 0.05) is 26.4 Å². The predicted octanol–water partition coefficient (Wildman–Crippen LogP) is 0.274. The summed E-state index contributed by atoms with van der Waals surface area (Å²) < 4.78 is 0. The average molecular weight is 256 g/mol. The van der Waals surface area contributed by atoms with Gasteiger partial charge in [-0.25, -0.2) is 0 Å². The lowest BCUT2D eigenvalue weighted by molar-refractivity contribution is -0.148. The van der Waals surface area contributed by atoms with Gasteiger partial charge in [-0.1, -0.05) is 12.8 Å². The van der Waals surface area contributed by atoms with Crippen molar-refractivity contribution in [2.45, 2.75) is 39.0 Å². The lowest BCUT2D eigenvalue weighted by atomic mass is 9.86. The van der Waals surface area contributed by atoms with E-state index in [4.69, 9.17) is 0 Å². The fourth-order valence-electron chi connectivity index (χ4n) is 2.23. The van der Waals surface area contributed by atoms with Crippen LogP contribution in [0, 0.1) is 5.41 Å². The Hall–Kier alpha value is -1.59. The Bertz CT molecular complexity index is 335. The van der Waals surface area contributed by atoms with Crippen LogP contribution in [-0.4, -0.2) is 36.0 Å². The van der Waals surface area contributed by atoms with Crippen molar-refractivity contribution in [2.24, 2.45) is 5.41 Å². The molecule has 1 fully saturated rings. The van der Waals surface area contributed by atoms with Crippen LogP contribution in [0.5, 0.6) is 0 Å². The molecule has 6 heteroatoms. The summed E-state index contributed by atoms with van der Waals surface area (Å²) in [5.41, 5.74) is -0.788. The largest absolute Gasteiger partial charge is 0.481 e. The van der Waals surface area contributed by atoms with E-state index < -0.39 is 11.4 Å². The van der Waals surface area contributed by atoms with Gasteiger partial charge in [0.1, 0.15) is 0 Å². The van der Waals surface area contributed by atoms with Crippen LogP contribution in [0.15, 0.2) is 0 Å². The van der Waals surface area contributed by atoms with Crippen molar-refractivity contribution in [3.63, 3.8) is 0 Å². The summed E-state index contributed by atoms with van der Waals surface area (Å²) in [6.07, 6.45) is 3.21. The Morgan fingerprint density at radius 1 is 1.17 bits per heavy atom. The van der Waals surface area contributed by atoms with Gasteiger partial charge in [0.05, 0.1) is 5.41 Å². The molecule has 0 radical (unpaired) electrons. The van der Waals surface area contributed by atoms with E-state index in [1.54, 1.807) is 0 Å². The lowest BCUT2D eigenvalue weighted by Gasteiger charge is -2.23. The third kappa shape index (κ3) is 4.01. The van der Waals surface area contributed by atoms with Gasteiger partial charge in [0.2, 0.25) is 11.8 Å².